The van der Waals surface area contributed by atoms with Crippen LogP contribution in [-0.4, -0.2) is 17.2 Å². The van der Waals surface area contributed by atoms with E-state index in [1.807, 2.05) is 0 Å². The van der Waals surface area contributed by atoms with Crippen LogP contribution in [-0.2, 0) is 9.53 Å². The number of carbonyl (C=O) groups excluding carboxylic acids is 1. The lowest BCUT2D eigenvalue weighted by atomic mass is 9.92. The van der Waals surface area contributed by atoms with Crippen LogP contribution in [0.5, 0.6) is 0 Å². The van der Waals surface area contributed by atoms with E-state index in [1.165, 1.54) is 0 Å². The molecular weight excluding hydrogens is 156 g/mol. The molecule has 1 aliphatic heterocycles. The molecule has 1 aliphatic carbocycles. The van der Waals surface area contributed by atoms with E-state index in [1.54, 1.807) is 0 Å². The van der Waals surface area contributed by atoms with E-state index in [9.17, 15) is 9.90 Å². The summed E-state index contributed by atoms with van der Waals surface area (Å²) < 4.78 is 4.99. The van der Waals surface area contributed by atoms with Gasteiger partial charge in [-0.2, -0.15) is 0 Å². The number of aliphatic hydroxyl groups excluding tert-OH is 1. The number of carbonyl (C=O) groups is 1. The fourth-order valence-electron chi connectivity index (χ4n) is 1.72. The minimum atomic E-state index is -0.386. The second-order valence-corrected chi connectivity index (χ2v) is 3.13. The number of esters is 1. The molecule has 64 valence electrons. The third-order valence-electron chi connectivity index (χ3n) is 2.33. The minimum absolute atomic E-state index is 0.223. The van der Waals surface area contributed by atoms with Crippen LogP contribution >= 0.6 is 0 Å². The lowest BCUT2D eigenvalue weighted by molar-refractivity contribution is -0.138. The van der Waals surface area contributed by atoms with Crippen LogP contribution in [0.2, 0.25) is 0 Å². The van der Waals surface area contributed by atoms with Gasteiger partial charge >= 0.3 is 5.97 Å². The van der Waals surface area contributed by atoms with E-state index in [2.05, 4.69) is 6.58 Å². The lowest BCUT2D eigenvalue weighted by Gasteiger charge is -2.17. The quantitative estimate of drug-likeness (QED) is 0.437. The summed E-state index contributed by atoms with van der Waals surface area (Å²) in [5.74, 6) is -0.106. The van der Waals surface area contributed by atoms with Crippen molar-refractivity contribution in [2.45, 2.75) is 25.4 Å². The number of aliphatic hydroxyl groups is 1. The topological polar surface area (TPSA) is 46.5 Å². The zero-order valence-corrected chi connectivity index (χ0v) is 6.67. The normalized spacial score (nSPS) is 28.8. The Labute approximate surface area is 70.3 Å². The van der Waals surface area contributed by atoms with Gasteiger partial charge in [0.25, 0.3) is 0 Å². The molecule has 0 amide bonds. The Morgan fingerprint density at radius 2 is 2.33 bits per heavy atom. The van der Waals surface area contributed by atoms with E-state index in [0.29, 0.717) is 17.6 Å². The van der Waals surface area contributed by atoms with Crippen LogP contribution in [0.1, 0.15) is 19.3 Å². The Kier molecular flexibility index (Phi) is 1.46. The molecule has 1 fully saturated rings. The highest BCUT2D eigenvalue weighted by atomic mass is 16.6. The van der Waals surface area contributed by atoms with Gasteiger partial charge in [0.2, 0.25) is 0 Å². The molecule has 2 aliphatic rings. The summed E-state index contributed by atoms with van der Waals surface area (Å²) in [5.41, 5.74) is 0.962. The van der Waals surface area contributed by atoms with Gasteiger partial charge in [0.15, 0.2) is 0 Å². The summed E-state index contributed by atoms with van der Waals surface area (Å²) in [4.78, 5) is 11.0. The first-order valence-corrected chi connectivity index (χ1v) is 4.02. The van der Waals surface area contributed by atoms with Crippen molar-refractivity contribution in [3.63, 3.8) is 0 Å². The molecule has 0 radical (unpaired) electrons. The molecule has 1 saturated heterocycles. The molecule has 0 aromatic rings. The molecule has 1 atom stereocenters. The van der Waals surface area contributed by atoms with Gasteiger partial charge in [-0.05, 0) is 12.8 Å². The van der Waals surface area contributed by atoms with Crippen molar-refractivity contribution in [3.05, 3.63) is 23.5 Å². The smallest absolute Gasteiger partial charge is 0.338 e. The van der Waals surface area contributed by atoms with Gasteiger partial charge in [0.05, 0.1) is 11.3 Å². The van der Waals surface area contributed by atoms with Gasteiger partial charge in [-0.3, -0.25) is 0 Å². The average Bonchev–Trinajstić information content (AvgIpc) is 2.29. The number of fused-ring (bicyclic) bond motifs is 1. The summed E-state index contributed by atoms with van der Waals surface area (Å²) >= 11 is 0. The summed E-state index contributed by atoms with van der Waals surface area (Å²) in [7, 11) is 0. The van der Waals surface area contributed by atoms with Crippen LogP contribution < -0.4 is 0 Å². The van der Waals surface area contributed by atoms with Crippen molar-refractivity contribution in [1.82, 2.24) is 0 Å². The van der Waals surface area contributed by atoms with E-state index < -0.39 is 0 Å². The van der Waals surface area contributed by atoms with Gasteiger partial charge in [0, 0.05) is 12.0 Å². The molecule has 2 rings (SSSR count). The molecule has 3 nitrogen and oxygen atoms in total. The summed E-state index contributed by atoms with van der Waals surface area (Å²) in [6.07, 6.45) is 2.10. The molecule has 1 heterocycles. The van der Waals surface area contributed by atoms with Crippen LogP contribution in [0.15, 0.2) is 23.5 Å². The van der Waals surface area contributed by atoms with Gasteiger partial charge in [-0.25, -0.2) is 4.79 Å². The SMILES string of the molecule is C=C1C(=O)OC2CCCC(O)=C12. The average molecular weight is 166 g/mol. The van der Waals surface area contributed by atoms with E-state index in [4.69, 9.17) is 4.74 Å². The maximum atomic E-state index is 11.0. The molecular formula is C9H10O3. The lowest BCUT2D eigenvalue weighted by Crippen LogP contribution is -2.14. The monoisotopic (exact) mass is 166 g/mol. The molecule has 1 N–H and O–H groups in total. The van der Waals surface area contributed by atoms with Crippen molar-refractivity contribution >= 4 is 5.97 Å². The molecule has 0 aromatic heterocycles. The second-order valence-electron chi connectivity index (χ2n) is 3.13. The van der Waals surface area contributed by atoms with E-state index >= 15 is 0 Å². The molecule has 0 spiro atoms. The molecule has 0 bridgehead atoms. The standard InChI is InChI=1S/C9H10O3/c1-5-8-6(10)3-2-4-7(8)12-9(5)11/h7,10H,1-4H2. The first kappa shape index (κ1) is 7.40. The first-order valence-electron chi connectivity index (χ1n) is 4.02. The maximum Gasteiger partial charge on any atom is 0.338 e. The van der Waals surface area contributed by atoms with Crippen molar-refractivity contribution < 1.29 is 14.6 Å². The van der Waals surface area contributed by atoms with E-state index in [-0.39, 0.29) is 17.8 Å². The predicted molar refractivity (Wildman–Crippen MR) is 42.5 cm³/mol. The fourth-order valence-corrected chi connectivity index (χ4v) is 1.72. The van der Waals surface area contributed by atoms with Crippen molar-refractivity contribution in [2.24, 2.45) is 0 Å². The number of ether oxygens (including phenoxy) is 1. The van der Waals surface area contributed by atoms with E-state index in [0.717, 1.165) is 12.8 Å². The molecule has 1 unspecified atom stereocenters. The second kappa shape index (κ2) is 2.37. The molecule has 3 heteroatoms. The highest BCUT2D eigenvalue weighted by Gasteiger charge is 2.37. The van der Waals surface area contributed by atoms with Gasteiger partial charge in [-0.15, -0.1) is 0 Å². The van der Waals surface area contributed by atoms with Gasteiger partial charge in [-0.1, -0.05) is 6.58 Å². The third kappa shape index (κ3) is 0.858. The van der Waals surface area contributed by atoms with Crippen LogP contribution in [0.25, 0.3) is 0 Å². The van der Waals surface area contributed by atoms with Crippen molar-refractivity contribution in [1.29, 1.82) is 0 Å². The Balaban J connectivity index is 2.44. The van der Waals surface area contributed by atoms with Gasteiger partial charge in [0.1, 0.15) is 6.10 Å². The zero-order valence-electron chi connectivity index (χ0n) is 6.67. The predicted octanol–water partition coefficient (Wildman–Crippen LogP) is 1.46. The molecule has 0 aromatic carbocycles. The first-order chi connectivity index (χ1) is 5.70. The number of hydrogen-bond acceptors (Lipinski definition) is 3. The largest absolute Gasteiger partial charge is 0.512 e. The van der Waals surface area contributed by atoms with Crippen LogP contribution in [0, 0.1) is 0 Å². The number of hydrogen-bond donors (Lipinski definition) is 1. The Hall–Kier alpha value is -1.25. The number of rotatable bonds is 0. The maximum absolute atomic E-state index is 11.0. The summed E-state index contributed by atoms with van der Waals surface area (Å²) in [5, 5.41) is 9.45. The molecule has 0 saturated carbocycles. The number of allylic oxidation sites excluding steroid dienone is 1. The Morgan fingerprint density at radius 1 is 1.58 bits per heavy atom. The summed E-state index contributed by atoms with van der Waals surface area (Å²) in [6, 6.07) is 0. The summed E-state index contributed by atoms with van der Waals surface area (Å²) in [6.45, 7) is 3.58. The van der Waals surface area contributed by atoms with Crippen LogP contribution in [0.3, 0.4) is 0 Å². The highest BCUT2D eigenvalue weighted by molar-refractivity contribution is 5.96. The Morgan fingerprint density at radius 3 is 3.00 bits per heavy atom. The zero-order chi connectivity index (χ0) is 8.72. The highest BCUT2D eigenvalue weighted by Crippen LogP contribution is 2.35. The molecule has 12 heavy (non-hydrogen) atoms. The Bertz CT molecular complexity index is 288. The van der Waals surface area contributed by atoms with Gasteiger partial charge < -0.3 is 9.84 Å². The van der Waals surface area contributed by atoms with Crippen molar-refractivity contribution in [2.75, 3.05) is 0 Å². The van der Waals surface area contributed by atoms with Crippen LogP contribution in [0.4, 0.5) is 0 Å². The minimum Gasteiger partial charge on any atom is -0.512 e. The fraction of sp³-hybridized carbons (Fsp3) is 0.444. The van der Waals surface area contributed by atoms with Crippen molar-refractivity contribution in [3.8, 4) is 0 Å². The third-order valence-corrected chi connectivity index (χ3v) is 2.33.